The molecule has 0 aromatic heterocycles. The van der Waals surface area contributed by atoms with E-state index in [2.05, 4.69) is 21.2 Å². The average Bonchev–Trinajstić information content (AvgIpc) is 2.39. The molecule has 19 heavy (non-hydrogen) atoms. The van der Waals surface area contributed by atoms with Crippen LogP contribution >= 0.6 is 15.9 Å². The zero-order valence-electron chi connectivity index (χ0n) is 10.3. The number of benzene rings is 2. The van der Waals surface area contributed by atoms with E-state index in [1.165, 1.54) is 19.2 Å². The van der Waals surface area contributed by atoms with Gasteiger partial charge in [0.1, 0.15) is 17.3 Å². The van der Waals surface area contributed by atoms with Crippen molar-refractivity contribution in [1.82, 2.24) is 0 Å². The molecule has 0 spiro atoms. The van der Waals surface area contributed by atoms with Gasteiger partial charge in [0.15, 0.2) is 0 Å². The van der Waals surface area contributed by atoms with E-state index in [0.717, 1.165) is 0 Å². The normalized spacial score (nSPS) is 10.3. The summed E-state index contributed by atoms with van der Waals surface area (Å²) in [5.41, 5.74) is 1.04. The summed E-state index contributed by atoms with van der Waals surface area (Å²) in [5.74, 6) is 0.343. The predicted octanol–water partition coefficient (Wildman–Crippen LogP) is 3.91. The summed E-state index contributed by atoms with van der Waals surface area (Å²) in [4.78, 5) is 0. The first-order chi connectivity index (χ1) is 9.11. The molecule has 0 saturated carbocycles. The lowest BCUT2D eigenvalue weighted by atomic mass is 10.2. The Kier molecular flexibility index (Phi) is 4.27. The van der Waals surface area contributed by atoms with Crippen molar-refractivity contribution in [3.8, 4) is 11.5 Å². The highest BCUT2D eigenvalue weighted by molar-refractivity contribution is 9.10. The van der Waals surface area contributed by atoms with Crippen LogP contribution < -0.4 is 10.1 Å². The monoisotopic (exact) mass is 325 g/mol. The van der Waals surface area contributed by atoms with Crippen LogP contribution in [0.2, 0.25) is 0 Å². The Morgan fingerprint density at radius 1 is 1.32 bits per heavy atom. The average molecular weight is 326 g/mol. The minimum Gasteiger partial charge on any atom is -0.507 e. The lowest BCUT2D eigenvalue weighted by molar-refractivity contribution is 0.406. The molecule has 5 heteroatoms. The highest BCUT2D eigenvalue weighted by Crippen LogP contribution is 2.28. The lowest BCUT2D eigenvalue weighted by Gasteiger charge is -2.11. The van der Waals surface area contributed by atoms with Gasteiger partial charge in [-0.05, 0) is 40.2 Å². The van der Waals surface area contributed by atoms with E-state index in [1.54, 1.807) is 24.3 Å². The Labute approximate surface area is 119 Å². The fourth-order valence-electron chi connectivity index (χ4n) is 1.67. The van der Waals surface area contributed by atoms with E-state index in [1.807, 2.05) is 0 Å². The number of rotatable bonds is 4. The van der Waals surface area contributed by atoms with Crippen LogP contribution in [0.25, 0.3) is 0 Å². The van der Waals surface area contributed by atoms with Crippen LogP contribution in [0.5, 0.6) is 11.5 Å². The number of ether oxygens (including phenoxy) is 1. The first-order valence-corrected chi connectivity index (χ1v) is 6.45. The molecule has 3 nitrogen and oxygen atoms in total. The molecule has 0 fully saturated rings. The van der Waals surface area contributed by atoms with Gasteiger partial charge in [-0.25, -0.2) is 4.39 Å². The van der Waals surface area contributed by atoms with Gasteiger partial charge < -0.3 is 15.2 Å². The van der Waals surface area contributed by atoms with Gasteiger partial charge >= 0.3 is 0 Å². The summed E-state index contributed by atoms with van der Waals surface area (Å²) >= 11 is 3.28. The Hall–Kier alpha value is -1.75. The lowest BCUT2D eigenvalue weighted by Crippen LogP contribution is -2.02. The zero-order chi connectivity index (χ0) is 13.8. The van der Waals surface area contributed by atoms with Crippen molar-refractivity contribution in [2.75, 3.05) is 12.4 Å². The molecular weight excluding hydrogens is 313 g/mol. The zero-order valence-corrected chi connectivity index (χ0v) is 11.9. The second-order valence-electron chi connectivity index (χ2n) is 3.94. The van der Waals surface area contributed by atoms with E-state index in [0.29, 0.717) is 28.0 Å². The molecule has 0 heterocycles. The Morgan fingerprint density at radius 3 is 2.74 bits per heavy atom. The number of anilines is 1. The third kappa shape index (κ3) is 3.17. The van der Waals surface area contributed by atoms with Crippen LogP contribution in [0, 0.1) is 5.82 Å². The minimum absolute atomic E-state index is 0.110. The number of para-hydroxylation sites is 1. The van der Waals surface area contributed by atoms with E-state index < -0.39 is 0 Å². The largest absolute Gasteiger partial charge is 0.507 e. The van der Waals surface area contributed by atoms with Crippen molar-refractivity contribution in [3.63, 3.8) is 0 Å². The molecular formula is C14H13BrFNO2. The second-order valence-corrected chi connectivity index (χ2v) is 4.80. The van der Waals surface area contributed by atoms with Crippen LogP contribution in [0.1, 0.15) is 5.56 Å². The maximum atomic E-state index is 13.6. The topological polar surface area (TPSA) is 41.5 Å². The van der Waals surface area contributed by atoms with Crippen molar-refractivity contribution in [1.29, 1.82) is 0 Å². The Morgan fingerprint density at radius 2 is 2.11 bits per heavy atom. The van der Waals surface area contributed by atoms with E-state index in [-0.39, 0.29) is 11.6 Å². The quantitative estimate of drug-likeness (QED) is 0.895. The fourth-order valence-corrected chi connectivity index (χ4v) is 2.15. The van der Waals surface area contributed by atoms with Gasteiger partial charge in [-0.3, -0.25) is 0 Å². The number of phenolic OH excluding ortho intramolecular Hbond substituents is 1. The molecule has 2 aromatic rings. The Balaban J connectivity index is 2.15. The molecule has 0 bridgehead atoms. The number of hydrogen-bond donors (Lipinski definition) is 2. The molecule has 2 rings (SSSR count). The van der Waals surface area contributed by atoms with Crippen molar-refractivity contribution in [2.45, 2.75) is 6.54 Å². The third-order valence-corrected chi connectivity index (χ3v) is 3.37. The minimum atomic E-state index is -0.345. The van der Waals surface area contributed by atoms with Crippen molar-refractivity contribution in [3.05, 3.63) is 52.3 Å². The molecule has 0 radical (unpaired) electrons. The van der Waals surface area contributed by atoms with E-state index >= 15 is 0 Å². The van der Waals surface area contributed by atoms with Crippen LogP contribution in [0.4, 0.5) is 10.1 Å². The predicted molar refractivity (Wildman–Crippen MR) is 76.1 cm³/mol. The molecule has 2 N–H and O–H groups in total. The molecule has 0 saturated heterocycles. The van der Waals surface area contributed by atoms with Gasteiger partial charge in [0.05, 0.1) is 12.8 Å². The first kappa shape index (κ1) is 13.7. The number of hydrogen-bond acceptors (Lipinski definition) is 3. The number of nitrogens with one attached hydrogen (secondary N) is 1. The van der Waals surface area contributed by atoms with Crippen molar-refractivity contribution >= 4 is 21.6 Å². The van der Waals surface area contributed by atoms with E-state index in [4.69, 9.17) is 4.74 Å². The van der Waals surface area contributed by atoms with Gasteiger partial charge in [-0.1, -0.05) is 6.07 Å². The van der Waals surface area contributed by atoms with Gasteiger partial charge in [0.2, 0.25) is 0 Å². The highest BCUT2D eigenvalue weighted by atomic mass is 79.9. The van der Waals surface area contributed by atoms with Crippen LogP contribution in [0.3, 0.4) is 0 Å². The molecule has 0 aliphatic heterocycles. The molecule has 100 valence electrons. The molecule has 0 aliphatic rings. The summed E-state index contributed by atoms with van der Waals surface area (Å²) in [6.45, 7) is 0.315. The van der Waals surface area contributed by atoms with Gasteiger partial charge in [0, 0.05) is 22.6 Å². The molecule has 0 amide bonds. The van der Waals surface area contributed by atoms with Crippen molar-refractivity contribution in [2.24, 2.45) is 0 Å². The highest BCUT2D eigenvalue weighted by Gasteiger charge is 2.08. The van der Waals surface area contributed by atoms with Gasteiger partial charge in [-0.2, -0.15) is 0 Å². The molecule has 0 aliphatic carbocycles. The summed E-state index contributed by atoms with van der Waals surface area (Å²) in [6.07, 6.45) is 0. The maximum absolute atomic E-state index is 13.6. The van der Waals surface area contributed by atoms with E-state index in [9.17, 15) is 9.50 Å². The van der Waals surface area contributed by atoms with Crippen LogP contribution in [0.15, 0.2) is 40.9 Å². The molecule has 0 atom stereocenters. The molecule has 2 aromatic carbocycles. The van der Waals surface area contributed by atoms with Crippen molar-refractivity contribution < 1.29 is 14.2 Å². The fraction of sp³-hybridized carbons (Fsp3) is 0.143. The second kappa shape index (κ2) is 5.93. The SMILES string of the molecule is COc1ccc(CNc2c(F)cccc2Br)c(O)c1. The van der Waals surface area contributed by atoms with Crippen LogP contribution in [-0.4, -0.2) is 12.2 Å². The Bertz CT molecular complexity index is 569. The van der Waals surface area contributed by atoms with Crippen LogP contribution in [-0.2, 0) is 6.54 Å². The summed E-state index contributed by atoms with van der Waals surface area (Å²) in [7, 11) is 1.53. The van der Waals surface area contributed by atoms with Gasteiger partial charge in [-0.15, -0.1) is 0 Å². The summed E-state index contributed by atoms with van der Waals surface area (Å²) < 4.78 is 19.2. The number of halogens is 2. The number of aromatic hydroxyl groups is 1. The smallest absolute Gasteiger partial charge is 0.147 e. The number of methoxy groups -OCH3 is 1. The summed E-state index contributed by atoms with van der Waals surface area (Å²) in [5, 5.41) is 12.8. The molecule has 0 unspecified atom stereocenters. The standard InChI is InChI=1S/C14H13BrFNO2/c1-19-10-6-5-9(13(18)7-10)8-17-14-11(15)3-2-4-12(14)16/h2-7,17-18H,8H2,1H3. The van der Waals surface area contributed by atoms with Gasteiger partial charge in [0.25, 0.3) is 0 Å². The third-order valence-electron chi connectivity index (χ3n) is 2.71. The number of phenols is 1. The summed E-state index contributed by atoms with van der Waals surface area (Å²) in [6, 6.07) is 9.74. The first-order valence-electron chi connectivity index (χ1n) is 5.65. The maximum Gasteiger partial charge on any atom is 0.147 e.